The summed E-state index contributed by atoms with van der Waals surface area (Å²) in [4.78, 5) is 0. The lowest BCUT2D eigenvalue weighted by Gasteiger charge is -2.14. The van der Waals surface area contributed by atoms with E-state index in [0.717, 1.165) is 11.6 Å². The van der Waals surface area contributed by atoms with Crippen molar-refractivity contribution in [2.24, 2.45) is 5.92 Å². The Hall–Kier alpha value is -0.570. The molecule has 0 amide bonds. The summed E-state index contributed by atoms with van der Waals surface area (Å²) in [6.07, 6.45) is 4.98. The Bertz CT molecular complexity index is 367. The van der Waals surface area contributed by atoms with Crippen LogP contribution in [-0.2, 0) is 0 Å². The molecule has 0 spiro atoms. The molecule has 1 fully saturated rings. The standard InChI is InChI=1S/C13H17BrFN/c1-2-9-3-4-10(7-9)16-11-5-6-12(14)13(15)8-11/h5-6,8-10,16H,2-4,7H2,1H3. The molecule has 1 aliphatic rings. The Labute approximate surface area is 105 Å². The molecule has 1 aliphatic carbocycles. The lowest BCUT2D eigenvalue weighted by Crippen LogP contribution is -2.15. The first-order valence-electron chi connectivity index (χ1n) is 5.90. The molecule has 16 heavy (non-hydrogen) atoms. The quantitative estimate of drug-likeness (QED) is 0.857. The highest BCUT2D eigenvalue weighted by molar-refractivity contribution is 9.10. The van der Waals surface area contributed by atoms with Gasteiger partial charge in [0.15, 0.2) is 0 Å². The molecule has 0 saturated heterocycles. The number of rotatable bonds is 3. The molecule has 2 rings (SSSR count). The fraction of sp³-hybridized carbons (Fsp3) is 0.538. The van der Waals surface area contributed by atoms with Gasteiger partial charge in [0.1, 0.15) is 5.82 Å². The number of hydrogen-bond acceptors (Lipinski definition) is 1. The lowest BCUT2D eigenvalue weighted by molar-refractivity contribution is 0.525. The van der Waals surface area contributed by atoms with E-state index in [9.17, 15) is 4.39 Å². The van der Waals surface area contributed by atoms with Crippen LogP contribution in [0.2, 0.25) is 0 Å². The summed E-state index contributed by atoms with van der Waals surface area (Å²) < 4.78 is 13.8. The van der Waals surface area contributed by atoms with Crippen LogP contribution in [0.1, 0.15) is 32.6 Å². The second-order valence-corrected chi connectivity index (χ2v) is 5.41. The third kappa shape index (κ3) is 2.76. The average Bonchev–Trinajstić information content (AvgIpc) is 2.71. The Kier molecular flexibility index (Phi) is 3.85. The Balaban J connectivity index is 1.97. The molecule has 1 saturated carbocycles. The summed E-state index contributed by atoms with van der Waals surface area (Å²) in [5.41, 5.74) is 0.891. The van der Waals surface area contributed by atoms with Crippen molar-refractivity contribution in [3.8, 4) is 0 Å². The molecule has 1 N–H and O–H groups in total. The van der Waals surface area contributed by atoms with Gasteiger partial charge < -0.3 is 5.32 Å². The molecule has 1 aromatic rings. The van der Waals surface area contributed by atoms with Crippen molar-refractivity contribution >= 4 is 21.6 Å². The number of hydrogen-bond donors (Lipinski definition) is 1. The zero-order valence-corrected chi connectivity index (χ0v) is 11.1. The van der Waals surface area contributed by atoms with Crippen molar-refractivity contribution in [1.29, 1.82) is 0 Å². The molecule has 0 heterocycles. The molecule has 88 valence electrons. The fourth-order valence-electron chi connectivity index (χ4n) is 2.40. The summed E-state index contributed by atoms with van der Waals surface area (Å²) in [5, 5.41) is 3.41. The highest BCUT2D eigenvalue weighted by Gasteiger charge is 2.23. The van der Waals surface area contributed by atoms with Crippen molar-refractivity contribution in [2.45, 2.75) is 38.6 Å². The second-order valence-electron chi connectivity index (χ2n) is 4.56. The van der Waals surface area contributed by atoms with Crippen molar-refractivity contribution in [3.05, 3.63) is 28.5 Å². The van der Waals surface area contributed by atoms with E-state index < -0.39 is 0 Å². The molecule has 0 aliphatic heterocycles. The van der Waals surface area contributed by atoms with Gasteiger partial charge >= 0.3 is 0 Å². The average molecular weight is 286 g/mol. The van der Waals surface area contributed by atoms with Gasteiger partial charge in [-0.2, -0.15) is 0 Å². The molecule has 1 aromatic carbocycles. The second kappa shape index (κ2) is 5.17. The van der Waals surface area contributed by atoms with Gasteiger partial charge in [-0.15, -0.1) is 0 Å². The number of nitrogens with one attached hydrogen (secondary N) is 1. The number of benzene rings is 1. The summed E-state index contributed by atoms with van der Waals surface area (Å²) >= 11 is 3.16. The van der Waals surface area contributed by atoms with E-state index in [-0.39, 0.29) is 5.82 Å². The molecule has 0 aromatic heterocycles. The van der Waals surface area contributed by atoms with Crippen LogP contribution in [-0.4, -0.2) is 6.04 Å². The van der Waals surface area contributed by atoms with Gasteiger partial charge in [-0.05, 0) is 59.3 Å². The lowest BCUT2D eigenvalue weighted by atomic mass is 10.1. The minimum Gasteiger partial charge on any atom is -0.382 e. The molecule has 0 radical (unpaired) electrons. The minimum atomic E-state index is -0.199. The summed E-state index contributed by atoms with van der Waals surface area (Å²) in [5.74, 6) is 0.646. The first-order valence-corrected chi connectivity index (χ1v) is 6.70. The third-order valence-corrected chi connectivity index (χ3v) is 4.05. The molecule has 3 heteroatoms. The maximum absolute atomic E-state index is 13.3. The van der Waals surface area contributed by atoms with E-state index in [1.807, 2.05) is 6.07 Å². The molecular formula is C13H17BrFN. The number of anilines is 1. The van der Waals surface area contributed by atoms with E-state index in [0.29, 0.717) is 10.5 Å². The van der Waals surface area contributed by atoms with Gasteiger partial charge in [0.2, 0.25) is 0 Å². The van der Waals surface area contributed by atoms with Crippen LogP contribution < -0.4 is 5.32 Å². The van der Waals surface area contributed by atoms with Crippen molar-refractivity contribution in [3.63, 3.8) is 0 Å². The normalized spacial score (nSPS) is 24.7. The van der Waals surface area contributed by atoms with Gasteiger partial charge in [0.25, 0.3) is 0 Å². The summed E-state index contributed by atoms with van der Waals surface area (Å²) in [7, 11) is 0. The van der Waals surface area contributed by atoms with Crippen molar-refractivity contribution in [2.75, 3.05) is 5.32 Å². The largest absolute Gasteiger partial charge is 0.382 e. The van der Waals surface area contributed by atoms with Crippen LogP contribution in [0.3, 0.4) is 0 Å². The maximum Gasteiger partial charge on any atom is 0.139 e. The van der Waals surface area contributed by atoms with Gasteiger partial charge in [-0.3, -0.25) is 0 Å². The predicted molar refractivity (Wildman–Crippen MR) is 69.1 cm³/mol. The van der Waals surface area contributed by atoms with Crippen molar-refractivity contribution < 1.29 is 4.39 Å². The van der Waals surface area contributed by atoms with Gasteiger partial charge in [0, 0.05) is 11.7 Å². The topological polar surface area (TPSA) is 12.0 Å². The van der Waals surface area contributed by atoms with E-state index in [4.69, 9.17) is 0 Å². The minimum absolute atomic E-state index is 0.199. The van der Waals surface area contributed by atoms with Gasteiger partial charge in [0.05, 0.1) is 4.47 Å². The monoisotopic (exact) mass is 285 g/mol. The molecule has 2 atom stereocenters. The zero-order valence-electron chi connectivity index (χ0n) is 9.47. The highest BCUT2D eigenvalue weighted by Crippen LogP contribution is 2.30. The first-order chi connectivity index (χ1) is 7.69. The Morgan fingerprint density at radius 1 is 1.44 bits per heavy atom. The van der Waals surface area contributed by atoms with Crippen molar-refractivity contribution in [1.82, 2.24) is 0 Å². The highest BCUT2D eigenvalue weighted by atomic mass is 79.9. The number of halogens is 2. The zero-order chi connectivity index (χ0) is 11.5. The van der Waals surface area contributed by atoms with Gasteiger partial charge in [-0.25, -0.2) is 4.39 Å². The van der Waals surface area contributed by atoms with Crippen LogP contribution in [0.5, 0.6) is 0 Å². The molecule has 2 unspecified atom stereocenters. The first kappa shape index (κ1) is 11.9. The smallest absolute Gasteiger partial charge is 0.139 e. The maximum atomic E-state index is 13.3. The molecule has 0 bridgehead atoms. The third-order valence-electron chi connectivity index (χ3n) is 3.41. The molecule has 1 nitrogen and oxygen atoms in total. The van der Waals surface area contributed by atoms with E-state index in [1.54, 1.807) is 12.1 Å². The fourth-order valence-corrected chi connectivity index (χ4v) is 2.65. The van der Waals surface area contributed by atoms with Crippen LogP contribution in [0, 0.1) is 11.7 Å². The van der Waals surface area contributed by atoms with E-state index >= 15 is 0 Å². The SMILES string of the molecule is CCC1CCC(Nc2ccc(Br)c(F)c2)C1. The summed E-state index contributed by atoms with van der Waals surface area (Å²) in [6, 6.07) is 5.75. The van der Waals surface area contributed by atoms with E-state index in [1.165, 1.54) is 25.7 Å². The van der Waals surface area contributed by atoms with Crippen LogP contribution in [0.15, 0.2) is 22.7 Å². The van der Waals surface area contributed by atoms with E-state index in [2.05, 4.69) is 28.2 Å². The summed E-state index contributed by atoms with van der Waals surface area (Å²) in [6.45, 7) is 2.24. The Morgan fingerprint density at radius 2 is 2.25 bits per heavy atom. The van der Waals surface area contributed by atoms with Crippen LogP contribution in [0.4, 0.5) is 10.1 Å². The van der Waals surface area contributed by atoms with Crippen LogP contribution >= 0.6 is 15.9 Å². The van der Waals surface area contributed by atoms with Gasteiger partial charge in [-0.1, -0.05) is 13.3 Å². The predicted octanol–water partition coefficient (Wildman–Crippen LogP) is 4.58. The van der Waals surface area contributed by atoms with Crippen LogP contribution in [0.25, 0.3) is 0 Å². The Morgan fingerprint density at radius 3 is 2.88 bits per heavy atom. The molecular weight excluding hydrogens is 269 g/mol.